The molecule has 3 rings (SSSR count). The van der Waals surface area contributed by atoms with E-state index in [-0.39, 0.29) is 11.9 Å². The molecule has 0 radical (unpaired) electrons. The van der Waals surface area contributed by atoms with Crippen LogP contribution in [-0.2, 0) is 0 Å². The van der Waals surface area contributed by atoms with Crippen LogP contribution < -0.4 is 10.1 Å². The summed E-state index contributed by atoms with van der Waals surface area (Å²) in [7, 11) is 1.65. The largest absolute Gasteiger partial charge is 0.497 e. The highest BCUT2D eigenvalue weighted by atomic mass is 16.5. The zero-order valence-electron chi connectivity index (χ0n) is 17.2. The van der Waals surface area contributed by atoms with Gasteiger partial charge < -0.3 is 10.1 Å². The Bertz CT molecular complexity index is 978. The standard InChI is InChI=1S/C24H28N2O2/c1-6-16(4)25-24(27)21-14-23(17-7-10-19(28-5)11-8-17)26-22-12-9-18(15(2)3)13-20(21)22/h7-16H,6H2,1-5H3,(H,25,27)/t16-/m0/s1. The molecule has 0 aliphatic heterocycles. The lowest BCUT2D eigenvalue weighted by Gasteiger charge is -2.15. The van der Waals surface area contributed by atoms with Gasteiger partial charge >= 0.3 is 0 Å². The fourth-order valence-electron chi connectivity index (χ4n) is 3.10. The Hall–Kier alpha value is -2.88. The van der Waals surface area contributed by atoms with Gasteiger partial charge in [-0.05, 0) is 67.3 Å². The summed E-state index contributed by atoms with van der Waals surface area (Å²) in [4.78, 5) is 17.9. The Morgan fingerprint density at radius 1 is 1.07 bits per heavy atom. The number of nitrogens with one attached hydrogen (secondary N) is 1. The number of nitrogens with zero attached hydrogens (tertiary/aromatic N) is 1. The maximum atomic E-state index is 13.0. The SMILES string of the molecule is CC[C@H](C)NC(=O)c1cc(-c2ccc(OC)cc2)nc2ccc(C(C)C)cc12. The van der Waals surface area contributed by atoms with Gasteiger partial charge in [0.15, 0.2) is 0 Å². The second-order valence-corrected chi connectivity index (χ2v) is 7.50. The average molecular weight is 377 g/mol. The molecule has 1 aromatic heterocycles. The summed E-state index contributed by atoms with van der Waals surface area (Å²) in [5, 5.41) is 3.99. The lowest BCUT2D eigenvalue weighted by Crippen LogP contribution is -2.32. The molecule has 4 nitrogen and oxygen atoms in total. The van der Waals surface area contributed by atoms with E-state index in [1.165, 1.54) is 5.56 Å². The van der Waals surface area contributed by atoms with Crippen molar-refractivity contribution in [3.8, 4) is 17.0 Å². The molecule has 0 unspecified atom stereocenters. The maximum Gasteiger partial charge on any atom is 0.252 e. The first kappa shape index (κ1) is 19.9. The molecule has 0 saturated carbocycles. The summed E-state index contributed by atoms with van der Waals surface area (Å²) in [6.45, 7) is 8.39. The molecule has 1 amide bonds. The number of rotatable bonds is 6. The highest BCUT2D eigenvalue weighted by Crippen LogP contribution is 2.28. The van der Waals surface area contributed by atoms with Crippen LogP contribution in [0, 0.1) is 0 Å². The zero-order valence-corrected chi connectivity index (χ0v) is 17.2. The van der Waals surface area contributed by atoms with Crippen LogP contribution in [0.5, 0.6) is 5.75 Å². The third kappa shape index (κ3) is 4.16. The number of carbonyl (C=O) groups is 1. The first-order valence-corrected chi connectivity index (χ1v) is 9.83. The lowest BCUT2D eigenvalue weighted by molar-refractivity contribution is 0.0941. The van der Waals surface area contributed by atoms with Crippen molar-refractivity contribution < 1.29 is 9.53 Å². The number of benzene rings is 2. The Morgan fingerprint density at radius 3 is 2.39 bits per heavy atom. The number of methoxy groups -OCH3 is 1. The number of fused-ring (bicyclic) bond motifs is 1. The summed E-state index contributed by atoms with van der Waals surface area (Å²) in [6, 6.07) is 15.9. The molecule has 1 heterocycles. The molecule has 3 aromatic rings. The van der Waals surface area contributed by atoms with E-state index in [0.29, 0.717) is 11.5 Å². The van der Waals surface area contributed by atoms with Crippen LogP contribution >= 0.6 is 0 Å². The highest BCUT2D eigenvalue weighted by molar-refractivity contribution is 6.07. The number of carbonyl (C=O) groups excluding carboxylic acids is 1. The van der Waals surface area contributed by atoms with E-state index in [1.807, 2.05) is 43.3 Å². The summed E-state index contributed by atoms with van der Waals surface area (Å²) in [6.07, 6.45) is 0.886. The van der Waals surface area contributed by atoms with E-state index in [4.69, 9.17) is 9.72 Å². The van der Waals surface area contributed by atoms with Crippen molar-refractivity contribution in [1.82, 2.24) is 10.3 Å². The predicted octanol–water partition coefficient (Wildman–Crippen LogP) is 5.56. The molecular formula is C24H28N2O2. The predicted molar refractivity (Wildman–Crippen MR) is 115 cm³/mol. The number of hydrogen-bond donors (Lipinski definition) is 1. The number of ether oxygens (including phenoxy) is 1. The van der Waals surface area contributed by atoms with Crippen molar-refractivity contribution in [3.63, 3.8) is 0 Å². The van der Waals surface area contributed by atoms with Crippen LogP contribution in [-0.4, -0.2) is 24.0 Å². The van der Waals surface area contributed by atoms with Gasteiger partial charge in [0.25, 0.3) is 5.91 Å². The Morgan fingerprint density at radius 2 is 1.79 bits per heavy atom. The first-order valence-electron chi connectivity index (χ1n) is 9.83. The van der Waals surface area contributed by atoms with Crippen LogP contribution in [0.1, 0.15) is 56.0 Å². The van der Waals surface area contributed by atoms with Crippen LogP contribution in [0.15, 0.2) is 48.5 Å². The minimum absolute atomic E-state index is 0.0579. The van der Waals surface area contributed by atoms with Gasteiger partial charge in [-0.25, -0.2) is 4.98 Å². The minimum Gasteiger partial charge on any atom is -0.497 e. The van der Waals surface area contributed by atoms with E-state index in [1.54, 1.807) is 7.11 Å². The van der Waals surface area contributed by atoms with Crippen LogP contribution in [0.2, 0.25) is 0 Å². The second-order valence-electron chi connectivity index (χ2n) is 7.50. The minimum atomic E-state index is -0.0579. The van der Waals surface area contributed by atoms with Gasteiger partial charge in [-0.2, -0.15) is 0 Å². The topological polar surface area (TPSA) is 51.2 Å². The molecule has 0 spiro atoms. The van der Waals surface area contributed by atoms with Crippen molar-refractivity contribution in [3.05, 3.63) is 59.7 Å². The monoisotopic (exact) mass is 376 g/mol. The summed E-state index contributed by atoms with van der Waals surface area (Å²) < 4.78 is 5.24. The van der Waals surface area contributed by atoms with E-state index >= 15 is 0 Å². The van der Waals surface area contributed by atoms with Crippen LogP contribution in [0.25, 0.3) is 22.2 Å². The zero-order chi connectivity index (χ0) is 20.3. The van der Waals surface area contributed by atoms with Crippen LogP contribution in [0.3, 0.4) is 0 Å². The molecule has 1 atom stereocenters. The summed E-state index contributed by atoms with van der Waals surface area (Å²) in [5.74, 6) is 1.12. The molecule has 0 fully saturated rings. The van der Waals surface area contributed by atoms with Crippen molar-refractivity contribution in [2.75, 3.05) is 7.11 Å². The molecule has 0 bridgehead atoms. The van der Waals surface area contributed by atoms with E-state index < -0.39 is 0 Å². The van der Waals surface area contributed by atoms with Gasteiger partial charge in [-0.1, -0.05) is 26.8 Å². The Kier molecular flexibility index (Phi) is 5.98. The third-order valence-corrected chi connectivity index (χ3v) is 5.12. The second kappa shape index (κ2) is 8.42. The van der Waals surface area contributed by atoms with Gasteiger partial charge in [-0.3, -0.25) is 4.79 Å². The maximum absolute atomic E-state index is 13.0. The number of pyridine rings is 1. The van der Waals surface area contributed by atoms with E-state index in [2.05, 4.69) is 38.2 Å². The van der Waals surface area contributed by atoms with Gasteiger partial charge in [0.05, 0.1) is 23.9 Å². The van der Waals surface area contributed by atoms with Crippen molar-refractivity contribution >= 4 is 16.8 Å². The van der Waals surface area contributed by atoms with Crippen molar-refractivity contribution in [1.29, 1.82) is 0 Å². The smallest absolute Gasteiger partial charge is 0.252 e. The molecule has 0 aliphatic carbocycles. The lowest BCUT2D eigenvalue weighted by atomic mass is 9.97. The van der Waals surface area contributed by atoms with Gasteiger partial charge in [0.2, 0.25) is 0 Å². The number of amides is 1. The van der Waals surface area contributed by atoms with Crippen LogP contribution in [0.4, 0.5) is 0 Å². The highest BCUT2D eigenvalue weighted by Gasteiger charge is 2.16. The quantitative estimate of drug-likeness (QED) is 0.612. The van der Waals surface area contributed by atoms with E-state index in [0.717, 1.165) is 34.3 Å². The van der Waals surface area contributed by atoms with E-state index in [9.17, 15) is 4.79 Å². The molecule has 28 heavy (non-hydrogen) atoms. The molecule has 0 saturated heterocycles. The molecule has 146 valence electrons. The number of hydrogen-bond acceptors (Lipinski definition) is 3. The third-order valence-electron chi connectivity index (χ3n) is 5.12. The molecule has 2 aromatic carbocycles. The first-order chi connectivity index (χ1) is 13.4. The normalized spacial score (nSPS) is 12.2. The van der Waals surface area contributed by atoms with Gasteiger partial charge in [-0.15, -0.1) is 0 Å². The Balaban J connectivity index is 2.16. The van der Waals surface area contributed by atoms with Crippen molar-refractivity contribution in [2.45, 2.75) is 46.1 Å². The average Bonchev–Trinajstić information content (AvgIpc) is 2.72. The molecular weight excluding hydrogens is 348 g/mol. The van der Waals surface area contributed by atoms with Gasteiger partial charge in [0, 0.05) is 17.0 Å². The molecule has 1 N–H and O–H groups in total. The van der Waals surface area contributed by atoms with Gasteiger partial charge in [0.1, 0.15) is 5.75 Å². The summed E-state index contributed by atoms with van der Waals surface area (Å²) in [5.41, 5.74) is 4.42. The fourth-order valence-corrected chi connectivity index (χ4v) is 3.10. The number of aromatic nitrogens is 1. The Labute approximate surface area is 166 Å². The molecule has 0 aliphatic rings. The molecule has 4 heteroatoms. The summed E-state index contributed by atoms with van der Waals surface area (Å²) >= 11 is 0. The fraction of sp³-hybridized carbons (Fsp3) is 0.333. The van der Waals surface area contributed by atoms with Crippen molar-refractivity contribution in [2.24, 2.45) is 0 Å².